The molecule has 2 aliphatic carbocycles. The van der Waals surface area contributed by atoms with Crippen LogP contribution in [0.5, 0.6) is 0 Å². The third-order valence-electron chi connectivity index (χ3n) is 3.55. The maximum absolute atomic E-state index is 11.5. The summed E-state index contributed by atoms with van der Waals surface area (Å²) >= 11 is 0. The van der Waals surface area contributed by atoms with Gasteiger partial charge in [0.2, 0.25) is 0 Å². The highest BCUT2D eigenvalue weighted by Gasteiger charge is 2.36. The van der Waals surface area contributed by atoms with E-state index in [0.717, 1.165) is 32.0 Å². The first-order valence-electron chi connectivity index (χ1n) is 6.24. The fourth-order valence-electron chi connectivity index (χ4n) is 2.09. The molecule has 0 radical (unpaired) electrons. The first kappa shape index (κ1) is 11.9. The predicted molar refractivity (Wildman–Crippen MR) is 62.2 cm³/mol. The molecule has 2 fully saturated rings. The van der Waals surface area contributed by atoms with Gasteiger partial charge in [0.05, 0.1) is 7.11 Å². The van der Waals surface area contributed by atoms with Crippen LogP contribution in [0.15, 0.2) is 0 Å². The van der Waals surface area contributed by atoms with Crippen molar-refractivity contribution in [2.24, 2.45) is 5.92 Å². The summed E-state index contributed by atoms with van der Waals surface area (Å²) in [5.41, 5.74) is 0. The zero-order valence-corrected chi connectivity index (χ0v) is 10.2. The molecule has 0 aromatic carbocycles. The van der Waals surface area contributed by atoms with Gasteiger partial charge in [-0.1, -0.05) is 0 Å². The summed E-state index contributed by atoms with van der Waals surface area (Å²) in [5.74, 6) is 0.412. The second kappa shape index (κ2) is 5.15. The fraction of sp³-hybridized carbons (Fsp3) is 0.917. The summed E-state index contributed by atoms with van der Waals surface area (Å²) in [6.07, 6.45) is 4.98. The molecule has 2 saturated carbocycles. The van der Waals surface area contributed by atoms with E-state index in [1.165, 1.54) is 20.0 Å². The van der Waals surface area contributed by atoms with Crippen molar-refractivity contribution in [2.45, 2.75) is 37.8 Å². The van der Waals surface area contributed by atoms with Crippen LogP contribution in [0.1, 0.15) is 25.7 Å². The molecule has 1 N–H and O–H groups in total. The van der Waals surface area contributed by atoms with E-state index >= 15 is 0 Å². The van der Waals surface area contributed by atoms with Gasteiger partial charge in [0.1, 0.15) is 6.04 Å². The largest absolute Gasteiger partial charge is 0.468 e. The van der Waals surface area contributed by atoms with E-state index in [1.807, 2.05) is 0 Å². The molecular formula is C12H22N2O2. The van der Waals surface area contributed by atoms with E-state index in [1.54, 1.807) is 0 Å². The molecule has 4 heteroatoms. The third kappa shape index (κ3) is 3.19. The molecule has 0 aliphatic heterocycles. The van der Waals surface area contributed by atoms with Crippen LogP contribution in [0.4, 0.5) is 0 Å². The summed E-state index contributed by atoms with van der Waals surface area (Å²) in [7, 11) is 3.62. The number of esters is 1. The lowest BCUT2D eigenvalue weighted by atomic mass is 10.2. The maximum atomic E-state index is 11.5. The number of likely N-dealkylation sites (N-methyl/N-ethyl adjacent to an activating group) is 1. The normalized spacial score (nSPS) is 22.2. The zero-order valence-electron chi connectivity index (χ0n) is 10.2. The molecule has 0 saturated heterocycles. The summed E-state index contributed by atoms with van der Waals surface area (Å²) in [5, 5.41) is 3.33. The first-order chi connectivity index (χ1) is 7.72. The Hall–Kier alpha value is -0.610. The molecule has 0 amide bonds. The zero-order chi connectivity index (χ0) is 11.5. The van der Waals surface area contributed by atoms with Gasteiger partial charge >= 0.3 is 5.97 Å². The molecule has 2 rings (SSSR count). The van der Waals surface area contributed by atoms with Crippen LogP contribution in [0.3, 0.4) is 0 Å². The molecular weight excluding hydrogens is 204 g/mol. The number of carbonyl (C=O) groups excluding carboxylic acids is 1. The van der Waals surface area contributed by atoms with Gasteiger partial charge < -0.3 is 15.0 Å². The van der Waals surface area contributed by atoms with Crippen molar-refractivity contribution in [2.75, 3.05) is 27.2 Å². The summed E-state index contributed by atoms with van der Waals surface area (Å²) in [6.45, 7) is 1.90. The van der Waals surface area contributed by atoms with E-state index in [4.69, 9.17) is 4.74 Å². The van der Waals surface area contributed by atoms with Crippen LogP contribution >= 0.6 is 0 Å². The molecule has 0 bridgehead atoms. The Morgan fingerprint density at radius 1 is 1.44 bits per heavy atom. The van der Waals surface area contributed by atoms with Crippen molar-refractivity contribution < 1.29 is 9.53 Å². The molecule has 0 aromatic heterocycles. The second-order valence-corrected chi connectivity index (χ2v) is 5.00. The minimum absolute atomic E-state index is 0.0717. The summed E-state index contributed by atoms with van der Waals surface area (Å²) < 4.78 is 4.82. The highest BCUT2D eigenvalue weighted by molar-refractivity contribution is 5.76. The Morgan fingerprint density at radius 3 is 2.62 bits per heavy atom. The SMILES string of the molecule is COC(=O)C(NCCN(C)C1CC1)C1CC1. The molecule has 2 aliphatic rings. The minimum Gasteiger partial charge on any atom is -0.468 e. The Labute approximate surface area is 97.3 Å². The monoisotopic (exact) mass is 226 g/mol. The number of methoxy groups -OCH3 is 1. The van der Waals surface area contributed by atoms with Gasteiger partial charge in [0, 0.05) is 19.1 Å². The van der Waals surface area contributed by atoms with Gasteiger partial charge in [0.25, 0.3) is 0 Å². The lowest BCUT2D eigenvalue weighted by Gasteiger charge is -2.19. The number of nitrogens with zero attached hydrogens (tertiary/aromatic N) is 1. The molecule has 0 spiro atoms. The van der Waals surface area contributed by atoms with Crippen LogP contribution in [-0.4, -0.2) is 50.2 Å². The van der Waals surface area contributed by atoms with Gasteiger partial charge in [0.15, 0.2) is 0 Å². The van der Waals surface area contributed by atoms with Gasteiger partial charge in [-0.15, -0.1) is 0 Å². The van der Waals surface area contributed by atoms with E-state index in [0.29, 0.717) is 5.92 Å². The Balaban J connectivity index is 1.67. The number of carbonyl (C=O) groups is 1. The van der Waals surface area contributed by atoms with Crippen molar-refractivity contribution in [1.82, 2.24) is 10.2 Å². The number of nitrogens with one attached hydrogen (secondary N) is 1. The molecule has 16 heavy (non-hydrogen) atoms. The number of ether oxygens (including phenoxy) is 1. The van der Waals surface area contributed by atoms with Crippen molar-refractivity contribution in [3.63, 3.8) is 0 Å². The van der Waals surface area contributed by atoms with Crippen molar-refractivity contribution >= 4 is 5.97 Å². The van der Waals surface area contributed by atoms with Crippen LogP contribution in [0.25, 0.3) is 0 Å². The Morgan fingerprint density at radius 2 is 2.12 bits per heavy atom. The van der Waals surface area contributed by atoms with E-state index < -0.39 is 0 Å². The van der Waals surface area contributed by atoms with Gasteiger partial charge in [-0.3, -0.25) is 4.79 Å². The van der Waals surface area contributed by atoms with E-state index in [9.17, 15) is 4.79 Å². The Kier molecular flexibility index (Phi) is 3.82. The molecule has 1 unspecified atom stereocenters. The lowest BCUT2D eigenvalue weighted by Crippen LogP contribution is -2.43. The second-order valence-electron chi connectivity index (χ2n) is 5.00. The standard InChI is InChI=1S/C12H22N2O2/c1-14(10-5-6-10)8-7-13-11(9-3-4-9)12(15)16-2/h9-11,13H,3-8H2,1-2H3. The van der Waals surface area contributed by atoms with E-state index in [2.05, 4.69) is 17.3 Å². The average Bonchev–Trinajstić information content (AvgIpc) is 3.15. The molecule has 0 heterocycles. The third-order valence-corrected chi connectivity index (χ3v) is 3.55. The lowest BCUT2D eigenvalue weighted by molar-refractivity contribution is -0.143. The number of hydrogen-bond acceptors (Lipinski definition) is 4. The number of hydrogen-bond donors (Lipinski definition) is 1. The predicted octanol–water partition coefficient (Wildman–Crippen LogP) is 0.622. The molecule has 92 valence electrons. The molecule has 0 aromatic rings. The molecule has 4 nitrogen and oxygen atoms in total. The number of rotatable bonds is 7. The Bertz CT molecular complexity index is 249. The van der Waals surface area contributed by atoms with Crippen LogP contribution < -0.4 is 5.32 Å². The van der Waals surface area contributed by atoms with Crippen LogP contribution in [-0.2, 0) is 9.53 Å². The average molecular weight is 226 g/mol. The first-order valence-corrected chi connectivity index (χ1v) is 6.24. The van der Waals surface area contributed by atoms with Gasteiger partial charge in [-0.05, 0) is 38.6 Å². The van der Waals surface area contributed by atoms with Crippen molar-refractivity contribution in [3.8, 4) is 0 Å². The van der Waals surface area contributed by atoms with Gasteiger partial charge in [-0.2, -0.15) is 0 Å². The van der Waals surface area contributed by atoms with Crippen molar-refractivity contribution in [1.29, 1.82) is 0 Å². The highest BCUT2D eigenvalue weighted by Crippen LogP contribution is 2.33. The minimum atomic E-state index is -0.100. The smallest absolute Gasteiger partial charge is 0.323 e. The fourth-order valence-corrected chi connectivity index (χ4v) is 2.09. The van der Waals surface area contributed by atoms with Gasteiger partial charge in [-0.25, -0.2) is 0 Å². The quantitative estimate of drug-likeness (QED) is 0.646. The summed E-state index contributed by atoms with van der Waals surface area (Å²) in [4.78, 5) is 13.9. The van der Waals surface area contributed by atoms with Crippen LogP contribution in [0.2, 0.25) is 0 Å². The van der Waals surface area contributed by atoms with Crippen molar-refractivity contribution in [3.05, 3.63) is 0 Å². The molecule has 1 atom stereocenters. The maximum Gasteiger partial charge on any atom is 0.323 e. The van der Waals surface area contributed by atoms with E-state index in [-0.39, 0.29) is 12.0 Å². The highest BCUT2D eigenvalue weighted by atomic mass is 16.5. The topological polar surface area (TPSA) is 41.6 Å². The van der Waals surface area contributed by atoms with Crippen LogP contribution in [0, 0.1) is 5.92 Å². The summed E-state index contributed by atoms with van der Waals surface area (Å²) in [6, 6.07) is 0.719.